The molecule has 6 heteroatoms. The van der Waals surface area contributed by atoms with Gasteiger partial charge in [0.2, 0.25) is 0 Å². The van der Waals surface area contributed by atoms with Gasteiger partial charge in [-0.15, -0.1) is 0 Å². The Balaban J connectivity index is 3.01. The fourth-order valence-corrected chi connectivity index (χ4v) is 2.05. The SMILES string of the molecule is CC1(C)C(C=C(Cl)Cl)C1(O)C(N)=NO. The fourth-order valence-electron chi connectivity index (χ4n) is 1.80. The first-order valence-electron chi connectivity index (χ1n) is 4.01. The van der Waals surface area contributed by atoms with E-state index >= 15 is 0 Å². The van der Waals surface area contributed by atoms with Crippen LogP contribution in [0.15, 0.2) is 15.7 Å². The van der Waals surface area contributed by atoms with Crippen molar-refractivity contribution in [3.63, 3.8) is 0 Å². The van der Waals surface area contributed by atoms with E-state index in [9.17, 15) is 5.11 Å². The molecule has 0 heterocycles. The van der Waals surface area contributed by atoms with Gasteiger partial charge in [0.05, 0.1) is 0 Å². The lowest BCUT2D eigenvalue weighted by molar-refractivity contribution is 0.166. The number of oxime groups is 1. The van der Waals surface area contributed by atoms with Gasteiger partial charge >= 0.3 is 0 Å². The van der Waals surface area contributed by atoms with Crippen molar-refractivity contribution < 1.29 is 10.3 Å². The van der Waals surface area contributed by atoms with Crippen LogP contribution in [-0.4, -0.2) is 21.8 Å². The van der Waals surface area contributed by atoms with E-state index in [0.717, 1.165) is 0 Å². The smallest absolute Gasteiger partial charge is 0.172 e. The third-order valence-corrected chi connectivity index (χ3v) is 3.17. The molecule has 0 aliphatic heterocycles. The molecule has 0 saturated heterocycles. The predicted octanol–water partition coefficient (Wildman–Crippen LogP) is 1.44. The van der Waals surface area contributed by atoms with Crippen LogP contribution >= 0.6 is 23.2 Å². The number of halogens is 2. The molecular weight excluding hydrogens is 227 g/mol. The van der Waals surface area contributed by atoms with Crippen LogP contribution in [-0.2, 0) is 0 Å². The van der Waals surface area contributed by atoms with Crippen molar-refractivity contribution in [2.24, 2.45) is 22.2 Å². The van der Waals surface area contributed by atoms with Gasteiger partial charge < -0.3 is 16.0 Å². The van der Waals surface area contributed by atoms with E-state index < -0.39 is 11.0 Å². The second-order valence-electron chi connectivity index (χ2n) is 3.91. The Kier molecular flexibility index (Phi) is 2.73. The third kappa shape index (κ3) is 1.38. The first-order valence-corrected chi connectivity index (χ1v) is 4.77. The normalized spacial score (nSPS) is 35.2. The molecule has 0 radical (unpaired) electrons. The Morgan fingerprint density at radius 2 is 2.00 bits per heavy atom. The quantitative estimate of drug-likeness (QED) is 0.295. The molecule has 0 aromatic heterocycles. The van der Waals surface area contributed by atoms with Crippen molar-refractivity contribution in [3.05, 3.63) is 10.6 Å². The molecule has 1 aliphatic rings. The molecule has 1 rings (SSSR count). The van der Waals surface area contributed by atoms with Gasteiger partial charge in [-0.2, -0.15) is 0 Å². The summed E-state index contributed by atoms with van der Waals surface area (Å²) in [6.45, 7) is 3.56. The molecule has 0 aromatic rings. The highest BCUT2D eigenvalue weighted by Crippen LogP contribution is 2.62. The van der Waals surface area contributed by atoms with Crippen molar-refractivity contribution in [2.45, 2.75) is 19.4 Å². The van der Waals surface area contributed by atoms with Gasteiger partial charge in [0.15, 0.2) is 5.84 Å². The van der Waals surface area contributed by atoms with Gasteiger partial charge in [-0.1, -0.05) is 42.2 Å². The molecule has 2 atom stereocenters. The Morgan fingerprint density at radius 3 is 2.36 bits per heavy atom. The number of hydrogen-bond donors (Lipinski definition) is 3. The Morgan fingerprint density at radius 1 is 1.50 bits per heavy atom. The van der Waals surface area contributed by atoms with Crippen LogP contribution in [0.5, 0.6) is 0 Å². The van der Waals surface area contributed by atoms with Crippen LogP contribution in [0.4, 0.5) is 0 Å². The van der Waals surface area contributed by atoms with Crippen molar-refractivity contribution in [2.75, 3.05) is 0 Å². The maximum Gasteiger partial charge on any atom is 0.172 e. The van der Waals surface area contributed by atoms with Crippen LogP contribution in [0.3, 0.4) is 0 Å². The molecule has 4 N–H and O–H groups in total. The number of nitrogens with two attached hydrogens (primary N) is 1. The molecule has 1 saturated carbocycles. The zero-order valence-corrected chi connectivity index (χ0v) is 9.34. The Bertz CT molecular complexity index is 310. The van der Waals surface area contributed by atoms with Gasteiger partial charge in [0, 0.05) is 11.3 Å². The minimum absolute atomic E-state index is 0.0599. The van der Waals surface area contributed by atoms with Gasteiger partial charge in [-0.25, -0.2) is 0 Å². The number of nitrogens with zero attached hydrogens (tertiary/aromatic N) is 1. The molecule has 2 unspecified atom stereocenters. The summed E-state index contributed by atoms with van der Waals surface area (Å²) in [4.78, 5) is 0. The number of hydrogen-bond acceptors (Lipinski definition) is 3. The van der Waals surface area contributed by atoms with E-state index in [1.54, 1.807) is 13.8 Å². The van der Waals surface area contributed by atoms with Gasteiger partial charge in [-0.05, 0) is 6.08 Å². The Labute approximate surface area is 92.0 Å². The van der Waals surface area contributed by atoms with Crippen molar-refractivity contribution in [1.29, 1.82) is 0 Å². The summed E-state index contributed by atoms with van der Waals surface area (Å²) in [7, 11) is 0. The summed E-state index contributed by atoms with van der Waals surface area (Å²) in [5.41, 5.74) is 3.50. The minimum atomic E-state index is -1.36. The van der Waals surface area contributed by atoms with Gasteiger partial charge in [0.1, 0.15) is 10.1 Å². The molecule has 1 aliphatic carbocycles. The fraction of sp³-hybridized carbons (Fsp3) is 0.625. The first kappa shape index (κ1) is 11.6. The number of amidine groups is 1. The van der Waals surface area contributed by atoms with Gasteiger partial charge in [0.25, 0.3) is 0 Å². The highest BCUT2D eigenvalue weighted by molar-refractivity contribution is 6.55. The molecule has 0 aromatic carbocycles. The van der Waals surface area contributed by atoms with E-state index in [2.05, 4.69) is 5.16 Å². The topological polar surface area (TPSA) is 78.8 Å². The van der Waals surface area contributed by atoms with Crippen LogP contribution < -0.4 is 5.73 Å². The number of rotatable bonds is 2. The average molecular weight is 239 g/mol. The monoisotopic (exact) mass is 238 g/mol. The van der Waals surface area contributed by atoms with E-state index in [4.69, 9.17) is 34.1 Å². The zero-order chi connectivity index (χ0) is 11.1. The van der Waals surface area contributed by atoms with Crippen molar-refractivity contribution in [1.82, 2.24) is 0 Å². The highest BCUT2D eigenvalue weighted by Gasteiger charge is 2.72. The standard InChI is InChI=1S/C8H12Cl2N2O2/c1-7(2)4(3-5(9)10)8(7,13)6(11)12-14/h3-4,13-14H,1-2H3,(H2,11,12). The van der Waals surface area contributed by atoms with Crippen molar-refractivity contribution >= 4 is 29.0 Å². The molecule has 14 heavy (non-hydrogen) atoms. The van der Waals surface area contributed by atoms with E-state index in [-0.39, 0.29) is 16.2 Å². The van der Waals surface area contributed by atoms with E-state index in [1.165, 1.54) is 6.08 Å². The Hall–Kier alpha value is -0.450. The summed E-state index contributed by atoms with van der Waals surface area (Å²) in [6, 6.07) is 0. The lowest BCUT2D eigenvalue weighted by Crippen LogP contribution is -2.35. The predicted molar refractivity (Wildman–Crippen MR) is 55.4 cm³/mol. The summed E-state index contributed by atoms with van der Waals surface area (Å²) in [5.74, 6) is -0.561. The average Bonchev–Trinajstić information content (AvgIpc) is 2.49. The highest BCUT2D eigenvalue weighted by atomic mass is 35.5. The third-order valence-electron chi connectivity index (χ3n) is 2.92. The molecular formula is C8H12Cl2N2O2. The van der Waals surface area contributed by atoms with E-state index in [0.29, 0.717) is 0 Å². The number of aliphatic hydroxyl groups is 1. The largest absolute Gasteiger partial charge is 0.409 e. The maximum atomic E-state index is 10.1. The van der Waals surface area contributed by atoms with Gasteiger partial charge in [-0.3, -0.25) is 0 Å². The lowest BCUT2D eigenvalue weighted by Gasteiger charge is -2.10. The lowest BCUT2D eigenvalue weighted by atomic mass is 10.1. The molecule has 80 valence electrons. The molecule has 0 bridgehead atoms. The first-order chi connectivity index (χ1) is 6.28. The maximum absolute atomic E-state index is 10.1. The molecule has 1 fully saturated rings. The molecule has 0 amide bonds. The molecule has 0 spiro atoms. The zero-order valence-electron chi connectivity index (χ0n) is 7.83. The van der Waals surface area contributed by atoms with Crippen LogP contribution in [0, 0.1) is 11.3 Å². The van der Waals surface area contributed by atoms with E-state index in [1.807, 2.05) is 0 Å². The minimum Gasteiger partial charge on any atom is -0.409 e. The summed E-state index contributed by atoms with van der Waals surface area (Å²) in [6.07, 6.45) is 1.49. The van der Waals surface area contributed by atoms with Crippen molar-refractivity contribution in [3.8, 4) is 0 Å². The summed E-state index contributed by atoms with van der Waals surface area (Å²) in [5, 5.41) is 21.4. The van der Waals surface area contributed by atoms with Crippen LogP contribution in [0.1, 0.15) is 13.8 Å². The second-order valence-corrected chi connectivity index (χ2v) is 4.92. The summed E-state index contributed by atoms with van der Waals surface area (Å²) < 4.78 is 0.0599. The molecule has 4 nitrogen and oxygen atoms in total. The summed E-state index contributed by atoms with van der Waals surface area (Å²) >= 11 is 11.0. The van der Waals surface area contributed by atoms with Crippen LogP contribution in [0.25, 0.3) is 0 Å². The second kappa shape index (κ2) is 3.29. The van der Waals surface area contributed by atoms with Crippen LogP contribution in [0.2, 0.25) is 0 Å².